The van der Waals surface area contributed by atoms with Gasteiger partial charge in [-0.15, -0.1) is 0 Å². The maximum absolute atomic E-state index is 14.0. The number of hydrogen-bond donors (Lipinski definition) is 1. The standard InChI is InChI=1S/C29H31BrN4O6/c1-7-33(29(36)32-22-13-12-18(37-3)15-24(22)39-5)17(2)27-31-21-11-9-8-10-20(21)28(35)34(27)23-14-19(38-4)16-25(40-6)26(23)30/h8-17H,7H2,1-6H3,(H,32,36). The predicted molar refractivity (Wildman–Crippen MR) is 158 cm³/mol. The molecule has 40 heavy (non-hydrogen) atoms. The van der Waals surface area contributed by atoms with Gasteiger partial charge in [-0.25, -0.2) is 9.78 Å². The normalized spacial score (nSPS) is 11.6. The number of ether oxygens (including phenoxy) is 4. The lowest BCUT2D eigenvalue weighted by Gasteiger charge is -2.30. The first-order chi connectivity index (χ1) is 19.3. The van der Waals surface area contributed by atoms with Crippen molar-refractivity contribution in [1.82, 2.24) is 14.5 Å². The van der Waals surface area contributed by atoms with E-state index >= 15 is 0 Å². The summed E-state index contributed by atoms with van der Waals surface area (Å²) in [4.78, 5) is 34.1. The zero-order valence-electron chi connectivity index (χ0n) is 23.1. The van der Waals surface area contributed by atoms with Crippen molar-refractivity contribution >= 4 is 38.6 Å². The van der Waals surface area contributed by atoms with Crippen LogP contribution in [0.2, 0.25) is 0 Å². The Hall–Kier alpha value is -4.25. The van der Waals surface area contributed by atoms with E-state index in [0.717, 1.165) is 0 Å². The zero-order valence-corrected chi connectivity index (χ0v) is 24.7. The van der Waals surface area contributed by atoms with Crippen molar-refractivity contribution in [2.45, 2.75) is 19.9 Å². The Labute approximate surface area is 240 Å². The number of para-hydroxylation sites is 1. The second kappa shape index (κ2) is 12.3. The molecular formula is C29H31BrN4O6. The molecule has 1 aromatic heterocycles. The third-order valence-corrected chi connectivity index (χ3v) is 7.38. The van der Waals surface area contributed by atoms with Gasteiger partial charge >= 0.3 is 6.03 Å². The van der Waals surface area contributed by atoms with Crippen LogP contribution in [0.3, 0.4) is 0 Å². The van der Waals surface area contributed by atoms with Gasteiger partial charge < -0.3 is 29.2 Å². The largest absolute Gasteiger partial charge is 0.497 e. The fourth-order valence-corrected chi connectivity index (χ4v) is 5.04. The Kier molecular flexibility index (Phi) is 8.83. The molecule has 0 aliphatic carbocycles. The first-order valence-electron chi connectivity index (χ1n) is 12.5. The second-order valence-electron chi connectivity index (χ2n) is 8.75. The number of carbonyl (C=O) groups excluding carboxylic acids is 1. The third kappa shape index (κ3) is 5.42. The van der Waals surface area contributed by atoms with E-state index in [-0.39, 0.29) is 5.56 Å². The molecule has 0 aliphatic rings. The Morgan fingerprint density at radius 3 is 2.30 bits per heavy atom. The molecular weight excluding hydrogens is 580 g/mol. The number of benzene rings is 3. The van der Waals surface area contributed by atoms with Gasteiger partial charge in [0.15, 0.2) is 0 Å². The van der Waals surface area contributed by atoms with E-state index in [0.29, 0.717) is 62.1 Å². The number of aromatic nitrogens is 2. The van der Waals surface area contributed by atoms with E-state index in [1.807, 2.05) is 19.9 Å². The first kappa shape index (κ1) is 28.8. The van der Waals surface area contributed by atoms with E-state index in [1.165, 1.54) is 25.9 Å². The van der Waals surface area contributed by atoms with Crippen molar-refractivity contribution in [2.75, 3.05) is 40.3 Å². The van der Waals surface area contributed by atoms with Crippen LogP contribution >= 0.6 is 15.9 Å². The summed E-state index contributed by atoms with van der Waals surface area (Å²) < 4.78 is 23.7. The maximum atomic E-state index is 14.0. The number of amides is 2. The van der Waals surface area contributed by atoms with Crippen molar-refractivity contribution in [3.8, 4) is 28.7 Å². The topological polar surface area (TPSA) is 104 Å². The number of nitrogens with one attached hydrogen (secondary N) is 1. The molecule has 0 spiro atoms. The molecule has 0 fully saturated rings. The molecule has 1 atom stereocenters. The zero-order chi connectivity index (χ0) is 29.0. The molecule has 10 nitrogen and oxygen atoms in total. The molecule has 1 N–H and O–H groups in total. The molecule has 0 aliphatic heterocycles. The molecule has 0 radical (unpaired) electrons. The number of rotatable bonds is 9. The maximum Gasteiger partial charge on any atom is 0.322 e. The number of nitrogens with zero attached hydrogens (tertiary/aromatic N) is 3. The molecule has 0 saturated carbocycles. The average molecular weight is 611 g/mol. The van der Waals surface area contributed by atoms with Crippen molar-refractivity contribution in [3.05, 3.63) is 75.2 Å². The van der Waals surface area contributed by atoms with Gasteiger partial charge in [-0.2, -0.15) is 0 Å². The minimum Gasteiger partial charge on any atom is -0.497 e. The summed E-state index contributed by atoms with van der Waals surface area (Å²) in [6.45, 7) is 4.01. The second-order valence-corrected chi connectivity index (χ2v) is 9.54. The summed E-state index contributed by atoms with van der Waals surface area (Å²) in [6.07, 6.45) is 0. The van der Waals surface area contributed by atoms with Gasteiger partial charge in [0, 0.05) is 24.7 Å². The lowest BCUT2D eigenvalue weighted by molar-refractivity contribution is 0.193. The van der Waals surface area contributed by atoms with Gasteiger partial charge in [0.2, 0.25) is 0 Å². The van der Waals surface area contributed by atoms with Gasteiger partial charge in [-0.05, 0) is 54.0 Å². The van der Waals surface area contributed by atoms with Gasteiger partial charge in [0.05, 0.1) is 61.2 Å². The summed E-state index contributed by atoms with van der Waals surface area (Å²) in [7, 11) is 6.14. The number of halogens is 1. The van der Waals surface area contributed by atoms with E-state index in [2.05, 4.69) is 21.2 Å². The Bertz CT molecular complexity index is 1610. The highest BCUT2D eigenvalue weighted by atomic mass is 79.9. The Morgan fingerprint density at radius 1 is 0.975 bits per heavy atom. The number of hydrogen-bond acceptors (Lipinski definition) is 7. The molecule has 4 rings (SSSR count). The van der Waals surface area contributed by atoms with E-state index in [9.17, 15) is 9.59 Å². The van der Waals surface area contributed by atoms with Crippen LogP contribution in [-0.2, 0) is 0 Å². The lowest BCUT2D eigenvalue weighted by Crippen LogP contribution is -2.39. The number of urea groups is 1. The minimum atomic E-state index is -0.629. The molecule has 1 unspecified atom stereocenters. The first-order valence-corrected chi connectivity index (χ1v) is 13.3. The van der Waals surface area contributed by atoms with Crippen LogP contribution in [-0.4, -0.2) is 55.5 Å². The highest BCUT2D eigenvalue weighted by molar-refractivity contribution is 9.10. The van der Waals surface area contributed by atoms with Crippen LogP contribution in [0.5, 0.6) is 23.0 Å². The van der Waals surface area contributed by atoms with Gasteiger partial charge in [-0.1, -0.05) is 12.1 Å². The summed E-state index contributed by atoms with van der Waals surface area (Å²) in [5.41, 5.74) is 1.17. The van der Waals surface area contributed by atoms with Crippen LogP contribution in [0, 0.1) is 0 Å². The van der Waals surface area contributed by atoms with Gasteiger partial charge in [0.1, 0.15) is 28.8 Å². The minimum absolute atomic E-state index is 0.295. The van der Waals surface area contributed by atoms with Gasteiger partial charge in [-0.3, -0.25) is 9.36 Å². The van der Waals surface area contributed by atoms with Crippen molar-refractivity contribution in [2.24, 2.45) is 0 Å². The van der Waals surface area contributed by atoms with Crippen LogP contribution < -0.4 is 29.8 Å². The number of carbonyl (C=O) groups is 1. The summed E-state index contributed by atoms with van der Waals surface area (Å²) in [5, 5.41) is 3.35. The summed E-state index contributed by atoms with van der Waals surface area (Å²) in [6, 6.07) is 14.6. The van der Waals surface area contributed by atoms with Gasteiger partial charge in [0.25, 0.3) is 5.56 Å². The molecule has 0 saturated heterocycles. The third-order valence-electron chi connectivity index (χ3n) is 6.58. The van der Waals surface area contributed by atoms with E-state index < -0.39 is 12.1 Å². The fourth-order valence-electron chi connectivity index (χ4n) is 4.47. The van der Waals surface area contributed by atoms with Crippen molar-refractivity contribution in [1.29, 1.82) is 0 Å². The predicted octanol–water partition coefficient (Wildman–Crippen LogP) is 5.80. The molecule has 4 aromatic rings. The smallest absolute Gasteiger partial charge is 0.322 e. The average Bonchev–Trinajstić information content (AvgIpc) is 2.98. The van der Waals surface area contributed by atoms with E-state index in [1.54, 1.807) is 60.5 Å². The Morgan fingerprint density at radius 2 is 1.65 bits per heavy atom. The monoisotopic (exact) mass is 610 g/mol. The summed E-state index contributed by atoms with van der Waals surface area (Å²) in [5.74, 6) is 2.37. The van der Waals surface area contributed by atoms with Crippen LogP contribution in [0.15, 0.2) is 63.9 Å². The SMILES string of the molecule is CCN(C(=O)Nc1ccc(OC)cc1OC)C(C)c1nc2ccccc2c(=O)n1-c1cc(OC)cc(OC)c1Br. The molecule has 11 heteroatoms. The molecule has 0 bridgehead atoms. The number of methoxy groups -OCH3 is 4. The summed E-state index contributed by atoms with van der Waals surface area (Å²) >= 11 is 3.59. The van der Waals surface area contributed by atoms with Crippen molar-refractivity contribution in [3.63, 3.8) is 0 Å². The van der Waals surface area contributed by atoms with Crippen LogP contribution in [0.4, 0.5) is 10.5 Å². The molecule has 210 valence electrons. The highest BCUT2D eigenvalue weighted by Gasteiger charge is 2.28. The molecule has 3 aromatic carbocycles. The van der Waals surface area contributed by atoms with Crippen molar-refractivity contribution < 1.29 is 23.7 Å². The molecule has 2 amide bonds. The fraction of sp³-hybridized carbons (Fsp3) is 0.276. The Balaban J connectivity index is 1.87. The number of fused-ring (bicyclic) bond motifs is 1. The molecule has 1 heterocycles. The number of anilines is 1. The lowest BCUT2D eigenvalue weighted by atomic mass is 10.1. The van der Waals surface area contributed by atoms with Crippen LogP contribution in [0.25, 0.3) is 16.6 Å². The quantitative estimate of drug-likeness (QED) is 0.255. The highest BCUT2D eigenvalue weighted by Crippen LogP contribution is 2.37. The van der Waals surface area contributed by atoms with E-state index in [4.69, 9.17) is 23.9 Å². The van der Waals surface area contributed by atoms with Crippen LogP contribution in [0.1, 0.15) is 25.7 Å².